The van der Waals surface area contributed by atoms with Gasteiger partial charge in [-0.3, -0.25) is 4.79 Å². The molecule has 1 aliphatic rings. The first-order valence-electron chi connectivity index (χ1n) is 7.25. The first-order valence-corrected chi connectivity index (χ1v) is 7.25. The van der Waals surface area contributed by atoms with E-state index in [1.807, 2.05) is 18.2 Å². The lowest BCUT2D eigenvalue weighted by Gasteiger charge is -2.14. The maximum absolute atomic E-state index is 11.8. The molecule has 0 heterocycles. The molecule has 1 fully saturated rings. The average molecular weight is 260 g/mol. The maximum atomic E-state index is 11.8. The van der Waals surface area contributed by atoms with Crippen LogP contribution in [0.25, 0.3) is 0 Å². The van der Waals surface area contributed by atoms with Crippen molar-refractivity contribution in [2.24, 2.45) is 11.1 Å². The van der Waals surface area contributed by atoms with E-state index in [4.69, 9.17) is 5.73 Å². The summed E-state index contributed by atoms with van der Waals surface area (Å²) in [6.07, 6.45) is 5.98. The molecule has 1 aromatic rings. The molecule has 1 saturated carbocycles. The van der Waals surface area contributed by atoms with Gasteiger partial charge >= 0.3 is 0 Å². The molecule has 3 N–H and O–H groups in total. The van der Waals surface area contributed by atoms with Crippen LogP contribution in [0, 0.1) is 5.41 Å². The van der Waals surface area contributed by atoms with Crippen LogP contribution in [0.1, 0.15) is 37.7 Å². The molecule has 0 aliphatic heterocycles. The van der Waals surface area contributed by atoms with Crippen LogP contribution in [0.4, 0.5) is 0 Å². The number of hydrogen-bond acceptors (Lipinski definition) is 2. The van der Waals surface area contributed by atoms with Gasteiger partial charge < -0.3 is 11.1 Å². The molecule has 0 atom stereocenters. The van der Waals surface area contributed by atoms with Gasteiger partial charge in [0.15, 0.2) is 0 Å². The summed E-state index contributed by atoms with van der Waals surface area (Å²) in [5.74, 6) is 0.180. The van der Waals surface area contributed by atoms with E-state index in [-0.39, 0.29) is 5.91 Å². The first-order chi connectivity index (χ1) is 9.24. The summed E-state index contributed by atoms with van der Waals surface area (Å²) in [5, 5.41) is 3.06. The average Bonchev–Trinajstić information content (AvgIpc) is 3.19. The van der Waals surface area contributed by atoms with Crippen molar-refractivity contribution in [3.63, 3.8) is 0 Å². The highest BCUT2D eigenvalue weighted by molar-refractivity contribution is 5.75. The first kappa shape index (κ1) is 14.1. The van der Waals surface area contributed by atoms with Gasteiger partial charge in [-0.05, 0) is 49.6 Å². The van der Waals surface area contributed by atoms with Crippen LogP contribution >= 0.6 is 0 Å². The Morgan fingerprint density at radius 2 is 2.00 bits per heavy atom. The van der Waals surface area contributed by atoms with E-state index in [2.05, 4.69) is 17.4 Å². The van der Waals surface area contributed by atoms with Crippen molar-refractivity contribution >= 4 is 5.91 Å². The summed E-state index contributed by atoms with van der Waals surface area (Å²) in [4.78, 5) is 11.8. The second-order valence-corrected chi connectivity index (χ2v) is 5.65. The van der Waals surface area contributed by atoms with Crippen molar-refractivity contribution in [2.75, 3.05) is 13.1 Å². The van der Waals surface area contributed by atoms with E-state index < -0.39 is 0 Å². The zero-order valence-corrected chi connectivity index (χ0v) is 11.5. The molecule has 0 spiro atoms. The van der Waals surface area contributed by atoms with Crippen LogP contribution < -0.4 is 11.1 Å². The molecule has 1 aliphatic carbocycles. The van der Waals surface area contributed by atoms with Crippen molar-refractivity contribution in [2.45, 2.75) is 38.5 Å². The molecule has 0 radical (unpaired) electrons. The van der Waals surface area contributed by atoms with Gasteiger partial charge in [-0.25, -0.2) is 0 Å². The van der Waals surface area contributed by atoms with E-state index in [0.29, 0.717) is 11.8 Å². The standard InChI is InChI=1S/C16H24N2O/c17-12-11-16(9-10-16)13-18-15(19)8-4-7-14-5-2-1-3-6-14/h1-3,5-6H,4,7-13,17H2,(H,18,19). The molecule has 0 saturated heterocycles. The smallest absolute Gasteiger partial charge is 0.220 e. The van der Waals surface area contributed by atoms with E-state index in [1.165, 1.54) is 18.4 Å². The summed E-state index contributed by atoms with van der Waals surface area (Å²) in [6, 6.07) is 10.3. The van der Waals surface area contributed by atoms with Crippen molar-refractivity contribution in [3.8, 4) is 0 Å². The SMILES string of the molecule is NCCC1(CNC(=O)CCCc2ccccc2)CC1. The van der Waals surface area contributed by atoms with Crippen molar-refractivity contribution in [1.82, 2.24) is 5.32 Å². The molecule has 104 valence electrons. The molecule has 1 amide bonds. The molecule has 1 aromatic carbocycles. The molecule has 19 heavy (non-hydrogen) atoms. The molecule has 0 aromatic heterocycles. The van der Waals surface area contributed by atoms with Gasteiger partial charge in [0.25, 0.3) is 0 Å². The van der Waals surface area contributed by atoms with E-state index in [1.54, 1.807) is 0 Å². The molecule has 0 bridgehead atoms. The van der Waals surface area contributed by atoms with Crippen LogP contribution in [-0.4, -0.2) is 19.0 Å². The largest absolute Gasteiger partial charge is 0.356 e. The van der Waals surface area contributed by atoms with Gasteiger partial charge in [0, 0.05) is 13.0 Å². The van der Waals surface area contributed by atoms with Gasteiger partial charge in [-0.2, -0.15) is 0 Å². The highest BCUT2D eigenvalue weighted by atomic mass is 16.1. The lowest BCUT2D eigenvalue weighted by Crippen LogP contribution is -2.31. The Labute approximate surface area is 115 Å². The molecule has 3 nitrogen and oxygen atoms in total. The number of hydrogen-bond donors (Lipinski definition) is 2. The summed E-state index contributed by atoms with van der Waals surface area (Å²) in [5.41, 5.74) is 7.23. The zero-order valence-electron chi connectivity index (χ0n) is 11.5. The fourth-order valence-corrected chi connectivity index (χ4v) is 2.47. The van der Waals surface area contributed by atoms with Crippen molar-refractivity contribution in [3.05, 3.63) is 35.9 Å². The Hall–Kier alpha value is -1.35. The second-order valence-electron chi connectivity index (χ2n) is 5.65. The van der Waals surface area contributed by atoms with Crippen molar-refractivity contribution < 1.29 is 4.79 Å². The number of nitrogens with one attached hydrogen (secondary N) is 1. The van der Waals surface area contributed by atoms with Gasteiger partial charge in [-0.15, -0.1) is 0 Å². The highest BCUT2D eigenvalue weighted by Gasteiger charge is 2.41. The minimum Gasteiger partial charge on any atom is -0.356 e. The van der Waals surface area contributed by atoms with Crippen LogP contribution in [0.5, 0.6) is 0 Å². The summed E-state index contributed by atoms with van der Waals surface area (Å²) in [6.45, 7) is 1.54. The monoisotopic (exact) mass is 260 g/mol. The fourth-order valence-electron chi connectivity index (χ4n) is 2.47. The summed E-state index contributed by atoms with van der Waals surface area (Å²) >= 11 is 0. The van der Waals surface area contributed by atoms with Crippen LogP contribution in [0.2, 0.25) is 0 Å². The Morgan fingerprint density at radius 1 is 1.26 bits per heavy atom. The van der Waals surface area contributed by atoms with Crippen LogP contribution in [-0.2, 0) is 11.2 Å². The maximum Gasteiger partial charge on any atom is 0.220 e. The highest BCUT2D eigenvalue weighted by Crippen LogP contribution is 2.47. The van der Waals surface area contributed by atoms with E-state index in [0.717, 1.165) is 32.4 Å². The molecule has 0 unspecified atom stereocenters. The Morgan fingerprint density at radius 3 is 2.63 bits per heavy atom. The number of rotatable bonds is 8. The second kappa shape index (κ2) is 6.71. The Balaban J connectivity index is 1.60. The third-order valence-electron chi connectivity index (χ3n) is 4.00. The lowest BCUT2D eigenvalue weighted by molar-refractivity contribution is -0.121. The van der Waals surface area contributed by atoms with Crippen LogP contribution in [0.15, 0.2) is 30.3 Å². The van der Waals surface area contributed by atoms with E-state index in [9.17, 15) is 4.79 Å². The third-order valence-corrected chi connectivity index (χ3v) is 4.00. The lowest BCUT2D eigenvalue weighted by atomic mass is 10.0. The number of carbonyl (C=O) groups is 1. The third kappa shape index (κ3) is 4.67. The topological polar surface area (TPSA) is 55.1 Å². The van der Waals surface area contributed by atoms with Gasteiger partial charge in [-0.1, -0.05) is 30.3 Å². The quantitative estimate of drug-likeness (QED) is 0.753. The normalized spacial score (nSPS) is 16.1. The predicted molar refractivity (Wildman–Crippen MR) is 77.7 cm³/mol. The Bertz CT molecular complexity index is 398. The van der Waals surface area contributed by atoms with Crippen LogP contribution in [0.3, 0.4) is 0 Å². The van der Waals surface area contributed by atoms with Crippen molar-refractivity contribution in [1.29, 1.82) is 0 Å². The van der Waals surface area contributed by atoms with Gasteiger partial charge in [0.05, 0.1) is 0 Å². The number of aryl methyl sites for hydroxylation is 1. The molecule has 3 heteroatoms. The predicted octanol–water partition coefficient (Wildman–Crippen LogP) is 2.25. The molecule has 2 rings (SSSR count). The number of amides is 1. The Kier molecular flexibility index (Phi) is 4.97. The number of carbonyl (C=O) groups excluding carboxylic acids is 1. The van der Waals surface area contributed by atoms with E-state index >= 15 is 0 Å². The zero-order chi connectivity index (χ0) is 13.6. The number of benzene rings is 1. The summed E-state index contributed by atoms with van der Waals surface area (Å²) in [7, 11) is 0. The molecular weight excluding hydrogens is 236 g/mol. The number of nitrogens with two attached hydrogens (primary N) is 1. The van der Waals surface area contributed by atoms with Gasteiger partial charge in [0.2, 0.25) is 5.91 Å². The van der Waals surface area contributed by atoms with Gasteiger partial charge in [0.1, 0.15) is 0 Å². The molecular formula is C16H24N2O. The minimum atomic E-state index is 0.180. The summed E-state index contributed by atoms with van der Waals surface area (Å²) < 4.78 is 0. The fraction of sp³-hybridized carbons (Fsp3) is 0.562. The minimum absolute atomic E-state index is 0.180.